The van der Waals surface area contributed by atoms with Gasteiger partial charge < -0.3 is 10.5 Å². The van der Waals surface area contributed by atoms with Crippen LogP contribution in [0.25, 0.3) is 0 Å². The SMILES string of the molecule is COc1ccc(Cl)cc1CC(C)(N)c1ccccc1F. The van der Waals surface area contributed by atoms with Crippen molar-refractivity contribution in [3.63, 3.8) is 0 Å². The molecule has 2 N–H and O–H groups in total. The van der Waals surface area contributed by atoms with Crippen molar-refractivity contribution >= 4 is 11.6 Å². The van der Waals surface area contributed by atoms with Gasteiger partial charge in [-0.05, 0) is 43.2 Å². The molecule has 2 nitrogen and oxygen atoms in total. The van der Waals surface area contributed by atoms with Gasteiger partial charge in [-0.2, -0.15) is 0 Å². The summed E-state index contributed by atoms with van der Waals surface area (Å²) in [5, 5.41) is 0.602. The molecule has 20 heavy (non-hydrogen) atoms. The first-order valence-electron chi connectivity index (χ1n) is 6.30. The number of hydrogen-bond donors (Lipinski definition) is 1. The Morgan fingerprint density at radius 1 is 1.25 bits per heavy atom. The van der Waals surface area contributed by atoms with Gasteiger partial charge in [0.05, 0.1) is 7.11 Å². The Bertz CT molecular complexity index is 613. The van der Waals surface area contributed by atoms with E-state index in [9.17, 15) is 4.39 Å². The van der Waals surface area contributed by atoms with Gasteiger partial charge in [-0.3, -0.25) is 0 Å². The van der Waals surface area contributed by atoms with Crippen molar-refractivity contribution in [2.24, 2.45) is 5.73 Å². The number of halogens is 2. The third-order valence-corrected chi connectivity index (χ3v) is 3.52. The van der Waals surface area contributed by atoms with Crippen LogP contribution >= 0.6 is 11.6 Å². The second-order valence-electron chi connectivity index (χ2n) is 5.03. The van der Waals surface area contributed by atoms with Crippen molar-refractivity contribution in [2.45, 2.75) is 18.9 Å². The first kappa shape index (κ1) is 14.8. The summed E-state index contributed by atoms with van der Waals surface area (Å²) in [6, 6.07) is 11.9. The van der Waals surface area contributed by atoms with Crippen LogP contribution in [-0.2, 0) is 12.0 Å². The molecule has 0 saturated heterocycles. The molecule has 1 atom stereocenters. The zero-order valence-corrected chi connectivity index (χ0v) is 12.2. The molecule has 106 valence electrons. The molecule has 2 aromatic carbocycles. The molecule has 2 aromatic rings. The molecule has 2 rings (SSSR count). The molecule has 0 saturated carbocycles. The summed E-state index contributed by atoms with van der Waals surface area (Å²) in [6.07, 6.45) is 0.428. The molecule has 0 radical (unpaired) electrons. The highest BCUT2D eigenvalue weighted by Crippen LogP contribution is 2.30. The summed E-state index contributed by atoms with van der Waals surface area (Å²) < 4.78 is 19.2. The van der Waals surface area contributed by atoms with E-state index in [2.05, 4.69) is 0 Å². The Balaban J connectivity index is 2.38. The average Bonchev–Trinajstić information content (AvgIpc) is 2.39. The lowest BCUT2D eigenvalue weighted by molar-refractivity contribution is 0.396. The minimum atomic E-state index is -0.844. The molecule has 0 fully saturated rings. The number of hydrogen-bond acceptors (Lipinski definition) is 2. The van der Waals surface area contributed by atoms with Gasteiger partial charge >= 0.3 is 0 Å². The van der Waals surface area contributed by atoms with Gasteiger partial charge in [0.2, 0.25) is 0 Å². The van der Waals surface area contributed by atoms with Crippen LogP contribution in [0.5, 0.6) is 5.75 Å². The smallest absolute Gasteiger partial charge is 0.128 e. The maximum atomic E-state index is 13.9. The molecule has 4 heteroatoms. The van der Waals surface area contributed by atoms with E-state index in [0.29, 0.717) is 22.8 Å². The van der Waals surface area contributed by atoms with Crippen LogP contribution in [0.2, 0.25) is 5.02 Å². The van der Waals surface area contributed by atoms with Crippen LogP contribution in [0, 0.1) is 5.82 Å². The standard InChI is InChI=1S/C16H17ClFNO/c1-16(19,13-5-3-4-6-14(13)18)10-11-9-12(17)7-8-15(11)20-2/h3-9H,10,19H2,1-2H3. The van der Waals surface area contributed by atoms with Gasteiger partial charge in [-0.25, -0.2) is 4.39 Å². The highest BCUT2D eigenvalue weighted by atomic mass is 35.5. The molecule has 0 heterocycles. The van der Waals surface area contributed by atoms with E-state index < -0.39 is 5.54 Å². The molecule has 0 aliphatic carbocycles. The van der Waals surface area contributed by atoms with Crippen LogP contribution in [0.3, 0.4) is 0 Å². The maximum Gasteiger partial charge on any atom is 0.128 e. The second kappa shape index (κ2) is 5.81. The molecule has 0 bridgehead atoms. The Kier molecular flexibility index (Phi) is 4.31. The number of nitrogens with two attached hydrogens (primary N) is 1. The zero-order valence-electron chi connectivity index (χ0n) is 11.5. The molecule has 0 amide bonds. The summed E-state index contributed by atoms with van der Waals surface area (Å²) in [4.78, 5) is 0. The van der Waals surface area contributed by atoms with Crippen LogP contribution in [-0.4, -0.2) is 7.11 Å². The second-order valence-corrected chi connectivity index (χ2v) is 5.47. The average molecular weight is 294 g/mol. The van der Waals surface area contributed by atoms with Crippen molar-refractivity contribution in [1.82, 2.24) is 0 Å². The maximum absolute atomic E-state index is 13.9. The largest absolute Gasteiger partial charge is 0.496 e. The predicted molar refractivity (Wildman–Crippen MR) is 79.6 cm³/mol. The van der Waals surface area contributed by atoms with Gasteiger partial charge in [0.1, 0.15) is 11.6 Å². The highest BCUT2D eigenvalue weighted by Gasteiger charge is 2.26. The van der Waals surface area contributed by atoms with Crippen molar-refractivity contribution < 1.29 is 9.13 Å². The minimum absolute atomic E-state index is 0.307. The Morgan fingerprint density at radius 3 is 2.60 bits per heavy atom. The molecule has 0 aromatic heterocycles. The quantitative estimate of drug-likeness (QED) is 0.928. The first-order chi connectivity index (χ1) is 9.44. The van der Waals surface area contributed by atoms with E-state index in [4.69, 9.17) is 22.1 Å². The van der Waals surface area contributed by atoms with Gasteiger partial charge in [-0.1, -0.05) is 29.8 Å². The van der Waals surface area contributed by atoms with Gasteiger partial charge in [-0.15, -0.1) is 0 Å². The van der Waals surface area contributed by atoms with Crippen molar-refractivity contribution in [2.75, 3.05) is 7.11 Å². The lowest BCUT2D eigenvalue weighted by Gasteiger charge is -2.26. The monoisotopic (exact) mass is 293 g/mol. The van der Waals surface area contributed by atoms with E-state index >= 15 is 0 Å². The molecule has 0 spiro atoms. The third-order valence-electron chi connectivity index (χ3n) is 3.29. The molecular formula is C16H17ClFNO. The normalized spacial score (nSPS) is 13.8. The summed E-state index contributed by atoms with van der Waals surface area (Å²) in [5.74, 6) is 0.390. The lowest BCUT2D eigenvalue weighted by Crippen LogP contribution is -2.36. The van der Waals surface area contributed by atoms with E-state index in [1.165, 1.54) is 6.07 Å². The van der Waals surface area contributed by atoms with Crippen molar-refractivity contribution in [3.05, 3.63) is 64.4 Å². The van der Waals surface area contributed by atoms with Crippen LogP contribution in [0.15, 0.2) is 42.5 Å². The molecule has 0 aliphatic heterocycles. The fraction of sp³-hybridized carbons (Fsp3) is 0.250. The first-order valence-corrected chi connectivity index (χ1v) is 6.68. The third kappa shape index (κ3) is 3.11. The summed E-state index contributed by atoms with van der Waals surface area (Å²) in [6.45, 7) is 1.80. The van der Waals surface area contributed by atoms with Gasteiger partial charge in [0.15, 0.2) is 0 Å². The molecular weight excluding hydrogens is 277 g/mol. The summed E-state index contributed by atoms with van der Waals surface area (Å²) >= 11 is 6.01. The van der Waals surface area contributed by atoms with E-state index in [0.717, 1.165) is 5.56 Å². The fourth-order valence-corrected chi connectivity index (χ4v) is 2.50. The lowest BCUT2D eigenvalue weighted by atomic mass is 9.86. The van der Waals surface area contributed by atoms with Crippen molar-refractivity contribution in [3.8, 4) is 5.75 Å². The van der Waals surface area contributed by atoms with Crippen molar-refractivity contribution in [1.29, 1.82) is 0 Å². The molecule has 0 aliphatic rings. The van der Waals surface area contributed by atoms with E-state index in [-0.39, 0.29) is 5.82 Å². The number of rotatable bonds is 4. The van der Waals surface area contributed by atoms with Crippen LogP contribution in [0.4, 0.5) is 4.39 Å². The number of benzene rings is 2. The van der Waals surface area contributed by atoms with Crippen LogP contribution in [0.1, 0.15) is 18.1 Å². The summed E-state index contributed by atoms with van der Waals surface area (Å²) in [5.41, 5.74) is 6.79. The van der Waals surface area contributed by atoms with E-state index in [1.54, 1.807) is 50.4 Å². The topological polar surface area (TPSA) is 35.2 Å². The van der Waals surface area contributed by atoms with Gasteiger partial charge in [0, 0.05) is 16.1 Å². The van der Waals surface area contributed by atoms with E-state index in [1.807, 2.05) is 0 Å². The van der Waals surface area contributed by atoms with Crippen LogP contribution < -0.4 is 10.5 Å². The fourth-order valence-electron chi connectivity index (χ4n) is 2.30. The predicted octanol–water partition coefficient (Wildman–Crippen LogP) is 3.90. The van der Waals surface area contributed by atoms with Gasteiger partial charge in [0.25, 0.3) is 0 Å². The Hall–Kier alpha value is -1.58. The summed E-state index contributed by atoms with van der Waals surface area (Å²) in [7, 11) is 1.59. The minimum Gasteiger partial charge on any atom is -0.496 e. The Morgan fingerprint density at radius 2 is 1.95 bits per heavy atom. The zero-order chi connectivity index (χ0) is 14.8. The molecule has 1 unspecified atom stereocenters. The number of methoxy groups -OCH3 is 1. The number of ether oxygens (including phenoxy) is 1. The highest BCUT2D eigenvalue weighted by molar-refractivity contribution is 6.30. The Labute approximate surface area is 123 Å².